The number of imidazole rings is 1. The standard InChI is InChI=1S/C24H24FN5O/c1-3-17-14-29(8-5-9-31)20-7-4-6-16-12-21(30(17)22(16)20)24-27-19-11-15(13-26)10-18(25)23(19)28(24)2/h4,6-7,10-12,17,31H,3,5,8-9,14H2,1-2H3. The fourth-order valence-electron chi connectivity index (χ4n) is 4.88. The third kappa shape index (κ3) is 2.90. The first-order chi connectivity index (χ1) is 15.1. The molecule has 7 heteroatoms. The summed E-state index contributed by atoms with van der Waals surface area (Å²) in [6, 6.07) is 13.5. The number of hydrogen-bond acceptors (Lipinski definition) is 4. The molecular weight excluding hydrogens is 393 g/mol. The van der Waals surface area contributed by atoms with Crippen molar-refractivity contribution in [2.45, 2.75) is 25.8 Å². The molecule has 0 radical (unpaired) electrons. The summed E-state index contributed by atoms with van der Waals surface area (Å²) in [5.74, 6) is 0.251. The van der Waals surface area contributed by atoms with Crippen molar-refractivity contribution in [3.63, 3.8) is 0 Å². The lowest BCUT2D eigenvalue weighted by Gasteiger charge is -2.36. The van der Waals surface area contributed by atoms with E-state index in [1.54, 1.807) is 10.6 Å². The third-order valence-electron chi connectivity index (χ3n) is 6.31. The summed E-state index contributed by atoms with van der Waals surface area (Å²) in [7, 11) is 1.82. The molecule has 0 bridgehead atoms. The first-order valence-corrected chi connectivity index (χ1v) is 10.6. The van der Waals surface area contributed by atoms with Gasteiger partial charge in [-0.2, -0.15) is 5.26 Å². The highest BCUT2D eigenvalue weighted by Gasteiger charge is 2.29. The lowest BCUT2D eigenvalue weighted by atomic mass is 10.1. The van der Waals surface area contributed by atoms with E-state index in [1.165, 1.54) is 6.07 Å². The fraction of sp³-hybridized carbons (Fsp3) is 0.333. The number of halogens is 1. The molecule has 1 unspecified atom stereocenters. The molecule has 31 heavy (non-hydrogen) atoms. The van der Waals surface area contributed by atoms with Crippen molar-refractivity contribution in [3.8, 4) is 17.6 Å². The average Bonchev–Trinajstić information content (AvgIpc) is 3.32. The Kier molecular flexibility index (Phi) is 4.67. The molecule has 1 atom stereocenters. The monoisotopic (exact) mass is 417 g/mol. The van der Waals surface area contributed by atoms with Gasteiger partial charge in [-0.05, 0) is 37.1 Å². The minimum atomic E-state index is -0.437. The molecule has 0 spiro atoms. The van der Waals surface area contributed by atoms with Gasteiger partial charge in [0.25, 0.3) is 0 Å². The summed E-state index contributed by atoms with van der Waals surface area (Å²) in [6.45, 7) is 4.00. The summed E-state index contributed by atoms with van der Waals surface area (Å²) in [6.07, 6.45) is 1.67. The number of aromatic nitrogens is 3. The van der Waals surface area contributed by atoms with Crippen LogP contribution in [0.3, 0.4) is 0 Å². The van der Waals surface area contributed by atoms with Crippen LogP contribution in [0.4, 0.5) is 10.1 Å². The normalized spacial score (nSPS) is 15.7. The molecule has 6 nitrogen and oxygen atoms in total. The van der Waals surface area contributed by atoms with Gasteiger partial charge >= 0.3 is 0 Å². The van der Waals surface area contributed by atoms with Crippen molar-refractivity contribution in [1.29, 1.82) is 5.26 Å². The smallest absolute Gasteiger partial charge is 0.157 e. The highest BCUT2D eigenvalue weighted by atomic mass is 19.1. The Hall–Kier alpha value is -3.37. The van der Waals surface area contributed by atoms with Crippen molar-refractivity contribution >= 4 is 27.6 Å². The van der Waals surface area contributed by atoms with Crippen LogP contribution in [0.1, 0.15) is 31.4 Å². The Balaban J connectivity index is 1.77. The molecule has 0 amide bonds. The van der Waals surface area contributed by atoms with E-state index < -0.39 is 5.82 Å². The lowest BCUT2D eigenvalue weighted by Crippen LogP contribution is -2.36. The van der Waals surface area contributed by atoms with E-state index in [2.05, 4.69) is 40.7 Å². The Morgan fingerprint density at radius 3 is 2.84 bits per heavy atom. The fourth-order valence-corrected chi connectivity index (χ4v) is 4.88. The zero-order valence-corrected chi connectivity index (χ0v) is 17.6. The maximum Gasteiger partial charge on any atom is 0.157 e. The molecule has 2 aromatic heterocycles. The van der Waals surface area contributed by atoms with Gasteiger partial charge in [-0.1, -0.05) is 19.1 Å². The van der Waals surface area contributed by atoms with Gasteiger partial charge in [0.15, 0.2) is 5.82 Å². The molecule has 0 aliphatic carbocycles. The van der Waals surface area contributed by atoms with Crippen LogP contribution in [-0.2, 0) is 7.05 Å². The number of anilines is 1. The van der Waals surface area contributed by atoms with Crippen LogP contribution in [0.2, 0.25) is 0 Å². The second kappa shape index (κ2) is 7.40. The van der Waals surface area contributed by atoms with Crippen molar-refractivity contribution in [1.82, 2.24) is 14.1 Å². The van der Waals surface area contributed by atoms with Gasteiger partial charge in [-0.25, -0.2) is 9.37 Å². The summed E-state index contributed by atoms with van der Waals surface area (Å²) in [5.41, 5.74) is 4.41. The average molecular weight is 417 g/mol. The van der Waals surface area contributed by atoms with E-state index in [1.807, 2.05) is 13.1 Å². The van der Waals surface area contributed by atoms with Crippen LogP contribution >= 0.6 is 0 Å². The molecule has 1 N–H and O–H groups in total. The molecule has 5 rings (SSSR count). The number of aryl methyl sites for hydroxylation is 1. The molecular formula is C24H24FN5O. The third-order valence-corrected chi connectivity index (χ3v) is 6.31. The van der Waals surface area contributed by atoms with E-state index in [-0.39, 0.29) is 18.2 Å². The predicted molar refractivity (Wildman–Crippen MR) is 120 cm³/mol. The second-order valence-electron chi connectivity index (χ2n) is 8.13. The first-order valence-electron chi connectivity index (χ1n) is 10.6. The number of rotatable bonds is 5. The Morgan fingerprint density at radius 2 is 2.10 bits per heavy atom. The SMILES string of the molecule is CCC1CN(CCCO)c2cccc3cc(-c4nc5cc(C#N)cc(F)c5n4C)n1c23. The lowest BCUT2D eigenvalue weighted by molar-refractivity contribution is 0.288. The van der Waals surface area contributed by atoms with Crippen LogP contribution in [0.25, 0.3) is 33.5 Å². The maximum absolute atomic E-state index is 14.8. The molecule has 0 fully saturated rings. The minimum Gasteiger partial charge on any atom is -0.396 e. The van der Waals surface area contributed by atoms with Crippen molar-refractivity contribution in [2.24, 2.45) is 7.05 Å². The minimum absolute atomic E-state index is 0.172. The number of hydrogen-bond donors (Lipinski definition) is 1. The van der Waals surface area contributed by atoms with Gasteiger partial charge in [-0.15, -0.1) is 0 Å². The number of fused-ring (bicyclic) bond motifs is 1. The highest BCUT2D eigenvalue weighted by molar-refractivity contribution is 5.97. The van der Waals surface area contributed by atoms with Crippen LogP contribution in [0.5, 0.6) is 0 Å². The molecule has 1 aliphatic rings. The van der Waals surface area contributed by atoms with E-state index in [0.717, 1.165) is 48.2 Å². The van der Waals surface area contributed by atoms with Crippen LogP contribution in [0, 0.1) is 17.1 Å². The van der Waals surface area contributed by atoms with Gasteiger partial charge in [-0.3, -0.25) is 0 Å². The molecule has 4 aromatic rings. The number of aliphatic hydroxyl groups is 1. The highest BCUT2D eigenvalue weighted by Crippen LogP contribution is 2.41. The number of benzene rings is 2. The van der Waals surface area contributed by atoms with Gasteiger partial charge in [0, 0.05) is 32.1 Å². The predicted octanol–water partition coefficient (Wildman–Crippen LogP) is 4.36. The van der Waals surface area contributed by atoms with E-state index in [9.17, 15) is 14.8 Å². The summed E-state index contributed by atoms with van der Waals surface area (Å²) < 4.78 is 18.9. The van der Waals surface area contributed by atoms with E-state index in [4.69, 9.17) is 4.98 Å². The largest absolute Gasteiger partial charge is 0.396 e. The maximum atomic E-state index is 14.8. The van der Waals surface area contributed by atoms with Crippen molar-refractivity contribution < 1.29 is 9.50 Å². The molecule has 158 valence electrons. The van der Waals surface area contributed by atoms with Gasteiger partial charge < -0.3 is 19.1 Å². The van der Waals surface area contributed by atoms with Crippen LogP contribution in [0.15, 0.2) is 36.4 Å². The number of nitriles is 1. The van der Waals surface area contributed by atoms with E-state index >= 15 is 0 Å². The zero-order chi connectivity index (χ0) is 21.7. The second-order valence-corrected chi connectivity index (χ2v) is 8.13. The molecule has 0 saturated carbocycles. The molecule has 3 heterocycles. The topological polar surface area (TPSA) is 70.0 Å². The van der Waals surface area contributed by atoms with Crippen LogP contribution < -0.4 is 4.90 Å². The van der Waals surface area contributed by atoms with Gasteiger partial charge in [0.05, 0.1) is 40.1 Å². The van der Waals surface area contributed by atoms with Gasteiger partial charge in [0.2, 0.25) is 0 Å². The number of aliphatic hydroxyl groups excluding tert-OH is 1. The summed E-state index contributed by atoms with van der Waals surface area (Å²) in [4.78, 5) is 7.10. The Bertz CT molecular complexity index is 1350. The molecule has 0 saturated heterocycles. The quantitative estimate of drug-likeness (QED) is 0.524. The van der Waals surface area contributed by atoms with Crippen LogP contribution in [-0.4, -0.2) is 38.9 Å². The Morgan fingerprint density at radius 1 is 1.26 bits per heavy atom. The zero-order valence-electron chi connectivity index (χ0n) is 17.6. The molecule has 1 aliphatic heterocycles. The molecule has 2 aromatic carbocycles. The summed E-state index contributed by atoms with van der Waals surface area (Å²) in [5, 5.41) is 19.7. The first kappa shape index (κ1) is 19.6. The number of nitrogens with zero attached hydrogens (tertiary/aromatic N) is 5. The van der Waals surface area contributed by atoms with Gasteiger partial charge in [0.1, 0.15) is 11.3 Å². The van der Waals surface area contributed by atoms with Crippen molar-refractivity contribution in [2.75, 3.05) is 24.6 Å². The van der Waals surface area contributed by atoms with E-state index in [0.29, 0.717) is 16.9 Å². The van der Waals surface area contributed by atoms with Crippen molar-refractivity contribution in [3.05, 3.63) is 47.8 Å². The number of para-hydroxylation sites is 1. The Labute approximate surface area is 179 Å². The summed E-state index contributed by atoms with van der Waals surface area (Å²) >= 11 is 0.